The number of nitrogens with zero attached hydrogens (tertiary/aromatic N) is 4. The molecule has 1 aliphatic heterocycles. The van der Waals surface area contributed by atoms with Gasteiger partial charge >= 0.3 is 23.9 Å². The number of rotatable bonds is 15. The Balaban J connectivity index is 1.84. The summed E-state index contributed by atoms with van der Waals surface area (Å²) in [4.78, 5) is 121. The molecular formula is C57H80N4O14. The minimum absolute atomic E-state index is 0.0790. The average molecular weight is 1050 g/mol. The van der Waals surface area contributed by atoms with Gasteiger partial charge in [-0.3, -0.25) is 19.2 Å². The SMILES string of the molecule is CC(C)C[C@H]1C(=O)O[C@H](Cc2ccc(OCc3ccco3)cc2)C(=O)N(C)[C@@H](CC(C)C)C(=O)O[C@H](C)C(=O)N(C)[C@@H](CC(C)C)C(=O)O[C@H](Cc2ccccc2)C(=O)N(C)[C@@H](CC(C)C)C(=O)O[C@H](C)C(=O)N1C. The van der Waals surface area contributed by atoms with Crippen LogP contribution in [0, 0.1) is 23.7 Å². The third-order valence-corrected chi connectivity index (χ3v) is 13.0. The van der Waals surface area contributed by atoms with Crippen molar-refractivity contribution in [2.75, 3.05) is 28.2 Å². The summed E-state index contributed by atoms with van der Waals surface area (Å²) in [5, 5.41) is 0. The maximum Gasteiger partial charge on any atom is 0.329 e. The van der Waals surface area contributed by atoms with Crippen molar-refractivity contribution >= 4 is 47.5 Å². The Labute approximate surface area is 442 Å². The van der Waals surface area contributed by atoms with Crippen LogP contribution in [0.15, 0.2) is 77.4 Å². The molecule has 1 fully saturated rings. The molecule has 8 atom stereocenters. The second kappa shape index (κ2) is 28.3. The molecule has 3 aromatic rings. The predicted octanol–water partition coefficient (Wildman–Crippen LogP) is 6.84. The van der Waals surface area contributed by atoms with Gasteiger partial charge in [0.2, 0.25) is 0 Å². The van der Waals surface area contributed by atoms with Crippen LogP contribution in [0.2, 0.25) is 0 Å². The van der Waals surface area contributed by atoms with Crippen molar-refractivity contribution in [2.45, 2.75) is 163 Å². The topological polar surface area (TPSA) is 209 Å². The quantitative estimate of drug-likeness (QED) is 0.113. The Morgan fingerprint density at radius 3 is 1.13 bits per heavy atom. The molecule has 1 saturated heterocycles. The normalized spacial score (nSPS) is 23.9. The third kappa shape index (κ3) is 17.7. The van der Waals surface area contributed by atoms with Crippen LogP contribution in [0.4, 0.5) is 0 Å². The number of esters is 4. The molecule has 4 amide bonds. The molecule has 18 nitrogen and oxygen atoms in total. The molecule has 0 aliphatic carbocycles. The molecule has 1 aliphatic rings. The number of benzene rings is 2. The lowest BCUT2D eigenvalue weighted by Gasteiger charge is -2.35. The van der Waals surface area contributed by atoms with Gasteiger partial charge in [-0.15, -0.1) is 0 Å². The lowest BCUT2D eigenvalue weighted by Crippen LogP contribution is -2.55. The molecule has 0 radical (unpaired) electrons. The molecule has 0 bridgehead atoms. The van der Waals surface area contributed by atoms with Crippen molar-refractivity contribution in [2.24, 2.45) is 23.7 Å². The molecule has 0 unspecified atom stereocenters. The first kappa shape index (κ1) is 60.8. The van der Waals surface area contributed by atoms with E-state index in [-0.39, 0.29) is 68.8 Å². The van der Waals surface area contributed by atoms with Crippen molar-refractivity contribution in [3.8, 4) is 5.75 Å². The van der Waals surface area contributed by atoms with Gasteiger partial charge in [0.05, 0.1) is 6.26 Å². The number of amides is 4. The number of carbonyl (C=O) groups excluding carboxylic acids is 8. The molecule has 18 heteroatoms. The first-order valence-corrected chi connectivity index (χ1v) is 26.0. The van der Waals surface area contributed by atoms with Gasteiger partial charge in [0.25, 0.3) is 23.6 Å². The smallest absolute Gasteiger partial charge is 0.329 e. The summed E-state index contributed by atoms with van der Waals surface area (Å²) in [5.41, 5.74) is 1.20. The Hall–Kier alpha value is -6.72. The second-order valence-electron chi connectivity index (χ2n) is 21.3. The molecule has 4 rings (SSSR count). The number of hydrogen-bond acceptors (Lipinski definition) is 14. The largest absolute Gasteiger partial charge is 0.486 e. The minimum Gasteiger partial charge on any atom is -0.486 e. The van der Waals surface area contributed by atoms with Gasteiger partial charge in [0.15, 0.2) is 24.4 Å². The van der Waals surface area contributed by atoms with E-state index in [0.717, 1.165) is 19.6 Å². The van der Waals surface area contributed by atoms with Crippen LogP contribution in [0.25, 0.3) is 0 Å². The Morgan fingerprint density at radius 1 is 0.440 bits per heavy atom. The molecule has 2 aromatic carbocycles. The van der Waals surface area contributed by atoms with Gasteiger partial charge in [0, 0.05) is 41.0 Å². The Morgan fingerprint density at radius 2 is 0.787 bits per heavy atom. The van der Waals surface area contributed by atoms with E-state index in [1.165, 1.54) is 48.3 Å². The van der Waals surface area contributed by atoms with Crippen LogP contribution < -0.4 is 4.74 Å². The molecule has 412 valence electrons. The van der Waals surface area contributed by atoms with Crippen molar-refractivity contribution < 1.29 is 66.5 Å². The summed E-state index contributed by atoms with van der Waals surface area (Å²) < 4.78 is 35.2. The zero-order valence-corrected chi connectivity index (χ0v) is 46.3. The summed E-state index contributed by atoms with van der Waals surface area (Å²) in [6.45, 7) is 17.6. The highest BCUT2D eigenvalue weighted by molar-refractivity contribution is 5.94. The molecule has 1 aromatic heterocycles. The van der Waals surface area contributed by atoms with E-state index in [9.17, 15) is 38.4 Å². The number of carbonyl (C=O) groups is 8. The number of hydrogen-bond donors (Lipinski definition) is 0. The minimum atomic E-state index is -1.55. The molecule has 0 saturated carbocycles. The van der Waals surface area contributed by atoms with Crippen LogP contribution in [-0.2, 0) is 76.8 Å². The monoisotopic (exact) mass is 1040 g/mol. The van der Waals surface area contributed by atoms with Crippen molar-refractivity contribution in [3.63, 3.8) is 0 Å². The number of furan rings is 1. The number of ether oxygens (including phenoxy) is 5. The number of cyclic esters (lactones) is 4. The summed E-state index contributed by atoms with van der Waals surface area (Å²) >= 11 is 0. The zero-order chi connectivity index (χ0) is 55.8. The van der Waals surface area contributed by atoms with Crippen LogP contribution in [0.3, 0.4) is 0 Å². The maximum absolute atomic E-state index is 14.9. The maximum atomic E-state index is 14.9. The molecule has 75 heavy (non-hydrogen) atoms. The molecule has 2 heterocycles. The van der Waals surface area contributed by atoms with Gasteiger partial charge in [-0.1, -0.05) is 97.9 Å². The van der Waals surface area contributed by atoms with Crippen molar-refractivity contribution in [1.82, 2.24) is 19.6 Å². The lowest BCUT2D eigenvalue weighted by atomic mass is 10.00. The second-order valence-corrected chi connectivity index (χ2v) is 21.3. The molecule has 0 N–H and O–H groups in total. The summed E-state index contributed by atoms with van der Waals surface area (Å²) in [6, 6.07) is 14.0. The zero-order valence-electron chi connectivity index (χ0n) is 46.3. The summed E-state index contributed by atoms with van der Waals surface area (Å²) in [5.74, 6) is -6.29. The van der Waals surface area contributed by atoms with E-state index in [0.29, 0.717) is 22.6 Å². The highest BCUT2D eigenvalue weighted by atomic mass is 16.6. The van der Waals surface area contributed by atoms with E-state index in [1.54, 1.807) is 66.7 Å². The fraction of sp³-hybridized carbons (Fsp3) is 0.579. The highest BCUT2D eigenvalue weighted by Crippen LogP contribution is 2.25. The first-order chi connectivity index (χ1) is 35.3. The lowest BCUT2D eigenvalue weighted by molar-refractivity contribution is -0.176. The van der Waals surface area contributed by atoms with Gasteiger partial charge in [-0.25, -0.2) is 19.2 Å². The standard InChI is InChI=1S/C57H80N4O14/c1-34(2)27-44-54(66)72-39(10)51(63)59(12)47(30-37(7)8)57(69)75-49(32-41-22-24-42(25-23-41)71-33-43-21-18-26-70-43)53(65)61(14)45(28-35(3)4)55(67)73-38(9)50(62)58(11)46(29-36(5)6)56(68)74-48(52(64)60(44)13)31-40-19-16-15-17-20-40/h15-26,34-39,44-49H,27-33H2,1-14H3/t38-,39-,44+,45+,46+,47+,48-,49-/m1/s1. The first-order valence-electron chi connectivity index (χ1n) is 26.0. The van der Waals surface area contributed by atoms with Crippen LogP contribution in [0.1, 0.15) is 112 Å². The summed E-state index contributed by atoms with van der Waals surface area (Å²) in [6.07, 6.45) is -4.36. The van der Waals surface area contributed by atoms with E-state index >= 15 is 0 Å². The van der Waals surface area contributed by atoms with Crippen molar-refractivity contribution in [1.29, 1.82) is 0 Å². The average Bonchev–Trinajstić information content (AvgIpc) is 3.89. The Bertz CT molecular complexity index is 2350. The fourth-order valence-corrected chi connectivity index (χ4v) is 8.79. The fourth-order valence-electron chi connectivity index (χ4n) is 8.79. The third-order valence-electron chi connectivity index (χ3n) is 13.0. The van der Waals surface area contributed by atoms with E-state index in [2.05, 4.69) is 0 Å². The van der Waals surface area contributed by atoms with Crippen LogP contribution in [-0.4, -0.2) is 144 Å². The van der Waals surface area contributed by atoms with Crippen LogP contribution >= 0.6 is 0 Å². The molecule has 0 spiro atoms. The van der Waals surface area contributed by atoms with Gasteiger partial charge < -0.3 is 47.7 Å². The highest BCUT2D eigenvalue weighted by Gasteiger charge is 2.43. The van der Waals surface area contributed by atoms with Crippen LogP contribution in [0.5, 0.6) is 5.75 Å². The van der Waals surface area contributed by atoms with Crippen molar-refractivity contribution in [3.05, 3.63) is 89.9 Å². The number of likely N-dealkylation sites (N-methyl/N-ethyl adjacent to an activating group) is 4. The van der Waals surface area contributed by atoms with E-state index in [4.69, 9.17) is 28.1 Å². The predicted molar refractivity (Wildman–Crippen MR) is 278 cm³/mol. The van der Waals surface area contributed by atoms with Gasteiger partial charge in [-0.05, 0) is 98.6 Å². The summed E-state index contributed by atoms with van der Waals surface area (Å²) in [7, 11) is 5.53. The van der Waals surface area contributed by atoms with Gasteiger partial charge in [-0.2, -0.15) is 0 Å². The Kier molecular flexibility index (Phi) is 22.9. The molecular weight excluding hydrogens is 965 g/mol. The van der Waals surface area contributed by atoms with E-state index < -0.39 is 96.1 Å². The van der Waals surface area contributed by atoms with E-state index in [1.807, 2.05) is 55.4 Å². The van der Waals surface area contributed by atoms with Gasteiger partial charge in [0.1, 0.15) is 42.3 Å².